The average Bonchev–Trinajstić information content (AvgIpc) is 2.87. The van der Waals surface area contributed by atoms with Crippen LogP contribution in [0.5, 0.6) is 0 Å². The highest BCUT2D eigenvalue weighted by Gasteiger charge is 2.18. The number of halogens is 2. The van der Waals surface area contributed by atoms with Crippen molar-refractivity contribution in [1.82, 2.24) is 5.32 Å². The van der Waals surface area contributed by atoms with Gasteiger partial charge in [-0.25, -0.2) is 8.78 Å². The highest BCUT2D eigenvalue weighted by Crippen LogP contribution is 2.17. The third-order valence-electron chi connectivity index (χ3n) is 3.14. The molecule has 0 spiro atoms. The zero-order valence-electron chi connectivity index (χ0n) is 10.0. The van der Waals surface area contributed by atoms with E-state index in [1.807, 2.05) is 0 Å². The summed E-state index contributed by atoms with van der Waals surface area (Å²) in [6.07, 6.45) is 2.17. The van der Waals surface area contributed by atoms with Gasteiger partial charge in [-0.15, -0.1) is 0 Å². The number of benzene rings is 1. The van der Waals surface area contributed by atoms with E-state index in [1.165, 1.54) is 6.07 Å². The number of aliphatic hydroxyl groups excluding tert-OH is 1. The van der Waals surface area contributed by atoms with Gasteiger partial charge in [-0.2, -0.15) is 0 Å². The average molecular weight is 257 g/mol. The molecule has 2 unspecified atom stereocenters. The van der Waals surface area contributed by atoms with Crippen LogP contribution in [0.3, 0.4) is 0 Å². The smallest absolute Gasteiger partial charge is 0.159 e. The van der Waals surface area contributed by atoms with E-state index in [0.717, 1.165) is 31.6 Å². The van der Waals surface area contributed by atoms with E-state index in [9.17, 15) is 13.9 Å². The summed E-state index contributed by atoms with van der Waals surface area (Å²) in [6, 6.07) is 3.26. The van der Waals surface area contributed by atoms with Crippen LogP contribution in [-0.4, -0.2) is 31.0 Å². The fourth-order valence-electron chi connectivity index (χ4n) is 2.10. The first-order chi connectivity index (χ1) is 8.70. The van der Waals surface area contributed by atoms with E-state index in [-0.39, 0.29) is 12.7 Å². The van der Waals surface area contributed by atoms with Gasteiger partial charge in [0, 0.05) is 13.2 Å². The van der Waals surface area contributed by atoms with Crippen LogP contribution >= 0.6 is 0 Å². The van der Waals surface area contributed by atoms with Crippen LogP contribution in [0.2, 0.25) is 0 Å². The van der Waals surface area contributed by atoms with Crippen LogP contribution in [0.15, 0.2) is 18.2 Å². The fraction of sp³-hybridized carbons (Fsp3) is 0.538. The van der Waals surface area contributed by atoms with Crippen LogP contribution in [0.25, 0.3) is 0 Å². The quantitative estimate of drug-likeness (QED) is 0.844. The molecule has 0 aromatic heterocycles. The van der Waals surface area contributed by atoms with Gasteiger partial charge < -0.3 is 15.2 Å². The molecular formula is C13H17F2NO2. The van der Waals surface area contributed by atoms with Crippen molar-refractivity contribution in [1.29, 1.82) is 0 Å². The summed E-state index contributed by atoms with van der Waals surface area (Å²) in [5, 5.41) is 12.4. The molecule has 0 amide bonds. The van der Waals surface area contributed by atoms with Crippen LogP contribution in [0.1, 0.15) is 24.4 Å². The number of hydrogen-bond donors (Lipinski definition) is 2. The lowest BCUT2D eigenvalue weighted by atomic mass is 10.1. The van der Waals surface area contributed by atoms with Gasteiger partial charge in [0.05, 0.1) is 18.8 Å². The maximum Gasteiger partial charge on any atom is 0.159 e. The van der Waals surface area contributed by atoms with E-state index in [0.29, 0.717) is 12.1 Å². The molecule has 2 N–H and O–H groups in total. The zero-order chi connectivity index (χ0) is 13.0. The van der Waals surface area contributed by atoms with E-state index in [2.05, 4.69) is 5.32 Å². The molecule has 1 fully saturated rings. The molecule has 1 aromatic carbocycles. The Kier molecular flexibility index (Phi) is 4.63. The predicted molar refractivity (Wildman–Crippen MR) is 63.2 cm³/mol. The van der Waals surface area contributed by atoms with Crippen molar-refractivity contribution in [3.05, 3.63) is 35.4 Å². The lowest BCUT2D eigenvalue weighted by Gasteiger charge is -2.19. The Bertz CT molecular complexity index is 395. The third kappa shape index (κ3) is 3.25. The monoisotopic (exact) mass is 257 g/mol. The molecule has 2 rings (SSSR count). The summed E-state index contributed by atoms with van der Waals surface area (Å²) in [7, 11) is 0. The Balaban J connectivity index is 1.96. The number of ether oxygens (including phenoxy) is 1. The van der Waals surface area contributed by atoms with Gasteiger partial charge in [-0.1, -0.05) is 6.07 Å². The molecule has 1 aliphatic rings. The van der Waals surface area contributed by atoms with Crippen LogP contribution in [0, 0.1) is 11.6 Å². The van der Waals surface area contributed by atoms with Gasteiger partial charge >= 0.3 is 0 Å². The lowest BCUT2D eigenvalue weighted by molar-refractivity contribution is 0.104. The van der Waals surface area contributed by atoms with Crippen LogP contribution in [-0.2, 0) is 4.74 Å². The first-order valence-electron chi connectivity index (χ1n) is 6.11. The lowest BCUT2D eigenvalue weighted by Crippen LogP contribution is -2.32. The minimum Gasteiger partial charge on any atom is -0.394 e. The molecule has 0 aliphatic carbocycles. The molecular weight excluding hydrogens is 240 g/mol. The second-order valence-electron chi connectivity index (χ2n) is 4.45. The van der Waals surface area contributed by atoms with Crippen molar-refractivity contribution in [3.63, 3.8) is 0 Å². The fourth-order valence-corrected chi connectivity index (χ4v) is 2.10. The van der Waals surface area contributed by atoms with Gasteiger partial charge in [-0.05, 0) is 30.5 Å². The maximum absolute atomic E-state index is 13.1. The van der Waals surface area contributed by atoms with E-state index < -0.39 is 17.7 Å². The molecule has 1 aliphatic heterocycles. The standard InChI is InChI=1S/C13H17F2NO2/c14-11-4-3-9(6-12(11)15)13(8-17)16-7-10-2-1-5-18-10/h3-4,6,10,13,16-17H,1-2,5,7-8H2. The van der Waals surface area contributed by atoms with Crippen molar-refractivity contribution >= 4 is 0 Å². The van der Waals surface area contributed by atoms with Gasteiger partial charge in [-0.3, -0.25) is 0 Å². The maximum atomic E-state index is 13.1. The third-order valence-corrected chi connectivity index (χ3v) is 3.14. The molecule has 1 aromatic rings. The van der Waals surface area contributed by atoms with Crippen molar-refractivity contribution in [2.45, 2.75) is 25.0 Å². The minimum absolute atomic E-state index is 0.143. The summed E-state index contributed by atoms with van der Waals surface area (Å²) >= 11 is 0. The molecule has 0 radical (unpaired) electrons. The molecule has 1 heterocycles. The molecule has 1 saturated heterocycles. The highest BCUT2D eigenvalue weighted by atomic mass is 19.2. The van der Waals surface area contributed by atoms with Crippen molar-refractivity contribution < 1.29 is 18.6 Å². The SMILES string of the molecule is OCC(NCC1CCCO1)c1ccc(F)c(F)c1. The van der Waals surface area contributed by atoms with E-state index in [4.69, 9.17) is 4.74 Å². The predicted octanol–water partition coefficient (Wildman–Crippen LogP) is 1.77. The molecule has 2 atom stereocenters. The summed E-state index contributed by atoms with van der Waals surface area (Å²) in [4.78, 5) is 0. The first kappa shape index (κ1) is 13.4. The highest BCUT2D eigenvalue weighted by molar-refractivity contribution is 5.21. The molecule has 0 saturated carbocycles. The second-order valence-corrected chi connectivity index (χ2v) is 4.45. The summed E-state index contributed by atoms with van der Waals surface area (Å²) < 4.78 is 31.4. The summed E-state index contributed by atoms with van der Waals surface area (Å²) in [5.74, 6) is -1.78. The summed E-state index contributed by atoms with van der Waals surface area (Å²) in [6.45, 7) is 1.20. The number of rotatable bonds is 5. The topological polar surface area (TPSA) is 41.5 Å². The van der Waals surface area contributed by atoms with Gasteiger partial charge in [0.15, 0.2) is 11.6 Å². The van der Waals surface area contributed by atoms with E-state index >= 15 is 0 Å². The molecule has 5 heteroatoms. The van der Waals surface area contributed by atoms with Crippen LogP contribution in [0.4, 0.5) is 8.78 Å². The number of nitrogens with one attached hydrogen (secondary N) is 1. The Labute approximate surface area is 105 Å². The van der Waals surface area contributed by atoms with Crippen molar-refractivity contribution in [2.24, 2.45) is 0 Å². The van der Waals surface area contributed by atoms with Crippen LogP contribution < -0.4 is 5.32 Å². The van der Waals surface area contributed by atoms with Gasteiger partial charge in [0.1, 0.15) is 0 Å². The Morgan fingerprint density at radius 1 is 1.39 bits per heavy atom. The normalized spacial score (nSPS) is 21.2. The summed E-state index contributed by atoms with van der Waals surface area (Å²) in [5.41, 5.74) is 0.536. The number of hydrogen-bond acceptors (Lipinski definition) is 3. The van der Waals surface area contributed by atoms with Gasteiger partial charge in [0.25, 0.3) is 0 Å². The molecule has 3 nitrogen and oxygen atoms in total. The second kappa shape index (κ2) is 6.22. The van der Waals surface area contributed by atoms with E-state index in [1.54, 1.807) is 0 Å². The van der Waals surface area contributed by atoms with Crippen molar-refractivity contribution in [3.8, 4) is 0 Å². The Morgan fingerprint density at radius 2 is 2.22 bits per heavy atom. The van der Waals surface area contributed by atoms with Gasteiger partial charge in [0.2, 0.25) is 0 Å². The Hall–Kier alpha value is -1.04. The Morgan fingerprint density at radius 3 is 2.83 bits per heavy atom. The minimum atomic E-state index is -0.898. The zero-order valence-corrected chi connectivity index (χ0v) is 10.0. The largest absolute Gasteiger partial charge is 0.394 e. The molecule has 100 valence electrons. The molecule has 0 bridgehead atoms. The van der Waals surface area contributed by atoms with Crippen molar-refractivity contribution in [2.75, 3.05) is 19.8 Å². The first-order valence-corrected chi connectivity index (χ1v) is 6.11. The number of aliphatic hydroxyl groups is 1. The molecule has 18 heavy (non-hydrogen) atoms.